The highest BCUT2D eigenvalue weighted by molar-refractivity contribution is 5.93. The summed E-state index contributed by atoms with van der Waals surface area (Å²) in [6, 6.07) is 16.1. The normalized spacial score (nSPS) is 19.2. The minimum absolute atomic E-state index is 0.140. The van der Waals surface area contributed by atoms with E-state index in [1.54, 1.807) is 12.1 Å². The molecular formula is C24H30N4O2. The summed E-state index contributed by atoms with van der Waals surface area (Å²) in [4.78, 5) is 28.4. The van der Waals surface area contributed by atoms with Crippen molar-refractivity contribution in [1.29, 1.82) is 0 Å². The van der Waals surface area contributed by atoms with Gasteiger partial charge in [-0.05, 0) is 54.7 Å². The van der Waals surface area contributed by atoms with Crippen LogP contribution in [-0.4, -0.2) is 49.4 Å². The van der Waals surface area contributed by atoms with Gasteiger partial charge in [-0.25, -0.2) is 0 Å². The SMILES string of the molecule is NC(=O)c1ccc(N2CCN(CCC(=O)NC3CCCc4ccccc43)CC2)cc1. The number of anilines is 1. The summed E-state index contributed by atoms with van der Waals surface area (Å²) in [6.07, 6.45) is 3.80. The Bertz CT molecular complexity index is 888. The highest BCUT2D eigenvalue weighted by Crippen LogP contribution is 2.29. The molecule has 1 atom stereocenters. The van der Waals surface area contributed by atoms with Crippen LogP contribution in [0.5, 0.6) is 0 Å². The van der Waals surface area contributed by atoms with Crippen molar-refractivity contribution in [2.75, 3.05) is 37.6 Å². The minimum atomic E-state index is -0.402. The van der Waals surface area contributed by atoms with Gasteiger partial charge in [0.25, 0.3) is 0 Å². The molecule has 158 valence electrons. The van der Waals surface area contributed by atoms with Gasteiger partial charge >= 0.3 is 0 Å². The van der Waals surface area contributed by atoms with E-state index in [4.69, 9.17) is 5.73 Å². The molecule has 1 fully saturated rings. The summed E-state index contributed by atoms with van der Waals surface area (Å²) in [6.45, 7) is 4.46. The Labute approximate surface area is 178 Å². The molecule has 0 saturated carbocycles. The third-order valence-corrected chi connectivity index (χ3v) is 6.25. The first-order valence-corrected chi connectivity index (χ1v) is 10.8. The molecule has 0 bridgehead atoms. The van der Waals surface area contributed by atoms with E-state index in [2.05, 4.69) is 39.4 Å². The molecule has 1 aliphatic heterocycles. The molecule has 2 aromatic carbocycles. The topological polar surface area (TPSA) is 78.7 Å². The molecule has 1 saturated heterocycles. The highest BCUT2D eigenvalue weighted by atomic mass is 16.2. The van der Waals surface area contributed by atoms with E-state index >= 15 is 0 Å². The number of amides is 2. The average Bonchev–Trinajstić information content (AvgIpc) is 2.78. The van der Waals surface area contributed by atoms with Gasteiger partial charge in [0, 0.05) is 50.4 Å². The van der Waals surface area contributed by atoms with Crippen molar-refractivity contribution >= 4 is 17.5 Å². The van der Waals surface area contributed by atoms with Crippen LogP contribution in [0.3, 0.4) is 0 Å². The quantitative estimate of drug-likeness (QED) is 0.773. The number of hydrogen-bond acceptors (Lipinski definition) is 4. The molecule has 0 radical (unpaired) electrons. The fraction of sp³-hybridized carbons (Fsp3) is 0.417. The maximum atomic E-state index is 12.6. The number of nitrogens with two attached hydrogens (primary N) is 1. The number of carbonyl (C=O) groups excluding carboxylic acids is 2. The minimum Gasteiger partial charge on any atom is -0.369 e. The van der Waals surface area contributed by atoms with Crippen LogP contribution < -0.4 is 16.0 Å². The van der Waals surface area contributed by atoms with E-state index in [1.807, 2.05) is 12.1 Å². The maximum Gasteiger partial charge on any atom is 0.248 e. The van der Waals surface area contributed by atoms with E-state index in [0.717, 1.165) is 57.7 Å². The van der Waals surface area contributed by atoms with Gasteiger partial charge in [-0.3, -0.25) is 14.5 Å². The molecule has 0 aromatic heterocycles. The standard InChI is InChI=1S/C24H30N4O2/c25-24(30)19-8-10-20(11-9-19)28-16-14-27(15-17-28)13-12-23(29)26-22-7-3-5-18-4-1-2-6-21(18)22/h1-2,4,6,8-11,22H,3,5,7,12-17H2,(H2,25,30)(H,26,29). The van der Waals surface area contributed by atoms with Crippen molar-refractivity contribution in [2.24, 2.45) is 5.73 Å². The van der Waals surface area contributed by atoms with Gasteiger partial charge in [-0.15, -0.1) is 0 Å². The first-order chi connectivity index (χ1) is 14.6. The first-order valence-electron chi connectivity index (χ1n) is 10.8. The van der Waals surface area contributed by atoms with Crippen molar-refractivity contribution in [3.63, 3.8) is 0 Å². The fourth-order valence-corrected chi connectivity index (χ4v) is 4.50. The summed E-state index contributed by atoms with van der Waals surface area (Å²) in [5, 5.41) is 3.25. The van der Waals surface area contributed by atoms with Crippen LogP contribution in [0.4, 0.5) is 5.69 Å². The number of fused-ring (bicyclic) bond motifs is 1. The summed E-state index contributed by atoms with van der Waals surface area (Å²) < 4.78 is 0. The zero-order valence-corrected chi connectivity index (χ0v) is 17.3. The van der Waals surface area contributed by atoms with Crippen molar-refractivity contribution in [3.05, 3.63) is 65.2 Å². The highest BCUT2D eigenvalue weighted by Gasteiger charge is 2.22. The number of hydrogen-bond donors (Lipinski definition) is 2. The van der Waals surface area contributed by atoms with Crippen LogP contribution >= 0.6 is 0 Å². The maximum absolute atomic E-state index is 12.6. The Hall–Kier alpha value is -2.86. The Balaban J connectivity index is 1.22. The van der Waals surface area contributed by atoms with Gasteiger partial charge in [-0.2, -0.15) is 0 Å². The van der Waals surface area contributed by atoms with Crippen LogP contribution in [0.25, 0.3) is 0 Å². The smallest absolute Gasteiger partial charge is 0.248 e. The van der Waals surface area contributed by atoms with Crippen molar-refractivity contribution in [3.8, 4) is 0 Å². The number of primary amides is 1. The van der Waals surface area contributed by atoms with Crippen LogP contribution in [0.15, 0.2) is 48.5 Å². The second kappa shape index (κ2) is 9.30. The molecular weight excluding hydrogens is 376 g/mol. The Kier molecular flexibility index (Phi) is 6.33. The number of piperazine rings is 1. The molecule has 1 unspecified atom stereocenters. The molecule has 2 aromatic rings. The lowest BCUT2D eigenvalue weighted by Crippen LogP contribution is -2.47. The number of benzene rings is 2. The zero-order valence-electron chi connectivity index (χ0n) is 17.3. The zero-order chi connectivity index (χ0) is 20.9. The van der Waals surface area contributed by atoms with Crippen LogP contribution in [-0.2, 0) is 11.2 Å². The largest absolute Gasteiger partial charge is 0.369 e. The van der Waals surface area contributed by atoms with E-state index < -0.39 is 5.91 Å². The molecule has 6 heteroatoms. The van der Waals surface area contributed by atoms with Gasteiger partial charge in [0.2, 0.25) is 11.8 Å². The molecule has 1 heterocycles. The third kappa shape index (κ3) is 4.82. The second-order valence-electron chi connectivity index (χ2n) is 8.20. The lowest BCUT2D eigenvalue weighted by atomic mass is 9.87. The number of nitrogens with one attached hydrogen (secondary N) is 1. The van der Waals surface area contributed by atoms with Crippen LogP contribution in [0.2, 0.25) is 0 Å². The number of carbonyl (C=O) groups is 2. The summed E-state index contributed by atoms with van der Waals surface area (Å²) in [7, 11) is 0. The van der Waals surface area contributed by atoms with Crippen LogP contribution in [0.1, 0.15) is 46.8 Å². The summed E-state index contributed by atoms with van der Waals surface area (Å²) in [5.74, 6) is -0.262. The fourth-order valence-electron chi connectivity index (χ4n) is 4.50. The molecule has 1 aliphatic carbocycles. The molecule has 6 nitrogen and oxygen atoms in total. The number of nitrogens with zero attached hydrogens (tertiary/aromatic N) is 2. The molecule has 0 spiro atoms. The summed E-state index contributed by atoms with van der Waals surface area (Å²) in [5.41, 5.74) is 9.60. The Morgan fingerprint density at radius 3 is 2.47 bits per heavy atom. The van der Waals surface area contributed by atoms with E-state index in [0.29, 0.717) is 12.0 Å². The average molecular weight is 407 g/mol. The number of aryl methyl sites for hydroxylation is 1. The van der Waals surface area contributed by atoms with Crippen molar-refractivity contribution < 1.29 is 9.59 Å². The molecule has 2 aliphatic rings. The molecule has 2 amide bonds. The van der Waals surface area contributed by atoms with Gasteiger partial charge < -0.3 is 16.0 Å². The van der Waals surface area contributed by atoms with Gasteiger partial charge in [-0.1, -0.05) is 24.3 Å². The lowest BCUT2D eigenvalue weighted by Gasteiger charge is -2.36. The van der Waals surface area contributed by atoms with Gasteiger partial charge in [0.05, 0.1) is 6.04 Å². The molecule has 30 heavy (non-hydrogen) atoms. The molecule has 3 N–H and O–H groups in total. The monoisotopic (exact) mass is 406 g/mol. The second-order valence-corrected chi connectivity index (χ2v) is 8.20. The molecule has 4 rings (SSSR count). The predicted octanol–water partition coefficient (Wildman–Crippen LogP) is 2.49. The van der Waals surface area contributed by atoms with Gasteiger partial charge in [0.15, 0.2) is 0 Å². The van der Waals surface area contributed by atoms with E-state index in [1.165, 1.54) is 11.1 Å². The Morgan fingerprint density at radius 1 is 1.00 bits per heavy atom. The van der Waals surface area contributed by atoms with Crippen molar-refractivity contribution in [2.45, 2.75) is 31.7 Å². The third-order valence-electron chi connectivity index (χ3n) is 6.25. The lowest BCUT2D eigenvalue weighted by molar-refractivity contribution is -0.122. The van der Waals surface area contributed by atoms with E-state index in [9.17, 15) is 9.59 Å². The van der Waals surface area contributed by atoms with E-state index in [-0.39, 0.29) is 11.9 Å². The first kappa shape index (κ1) is 20.4. The summed E-state index contributed by atoms with van der Waals surface area (Å²) >= 11 is 0. The number of rotatable bonds is 6. The van der Waals surface area contributed by atoms with Crippen LogP contribution in [0, 0.1) is 0 Å². The van der Waals surface area contributed by atoms with Crippen molar-refractivity contribution in [1.82, 2.24) is 10.2 Å². The van der Waals surface area contributed by atoms with Gasteiger partial charge in [0.1, 0.15) is 0 Å². The Morgan fingerprint density at radius 2 is 1.73 bits per heavy atom. The predicted molar refractivity (Wildman–Crippen MR) is 118 cm³/mol.